The molecule has 0 unspecified atom stereocenters. The topological polar surface area (TPSA) is 58.2 Å². The molecule has 2 N–H and O–H groups in total. The van der Waals surface area contributed by atoms with Crippen LogP contribution in [0.3, 0.4) is 0 Å². The summed E-state index contributed by atoms with van der Waals surface area (Å²) in [4.78, 5) is 24.6. The average molecular weight is 358 g/mol. The number of nitrogens with one attached hydrogen (secondary N) is 2. The van der Waals surface area contributed by atoms with Crippen LogP contribution in [0.25, 0.3) is 0 Å². The monoisotopic (exact) mass is 358 g/mol. The Balaban J connectivity index is 1.48. The molecule has 0 aromatic heterocycles. The van der Waals surface area contributed by atoms with E-state index in [1.54, 1.807) is 0 Å². The second-order valence-electron chi connectivity index (χ2n) is 6.54. The summed E-state index contributed by atoms with van der Waals surface area (Å²) in [6, 6.07) is 11.3. The molecule has 0 saturated heterocycles. The van der Waals surface area contributed by atoms with E-state index >= 15 is 0 Å². The van der Waals surface area contributed by atoms with Gasteiger partial charge in [-0.15, -0.1) is 0 Å². The quantitative estimate of drug-likeness (QED) is 0.854. The summed E-state index contributed by atoms with van der Waals surface area (Å²) in [5, 5.41) is 5.57. The molecule has 0 bridgehead atoms. The van der Waals surface area contributed by atoms with Crippen LogP contribution >= 0.6 is 0 Å². The molecule has 1 fully saturated rings. The number of amides is 2. The first kappa shape index (κ1) is 18.0. The van der Waals surface area contributed by atoms with Crippen molar-refractivity contribution in [2.24, 2.45) is 11.8 Å². The minimum Gasteiger partial charge on any atom is -0.326 e. The minimum absolute atomic E-state index is 0.103. The van der Waals surface area contributed by atoms with Crippen LogP contribution in [-0.2, 0) is 9.59 Å². The maximum absolute atomic E-state index is 12.9. The molecule has 0 atom stereocenters. The normalized spacial score (nSPS) is 19.6. The Morgan fingerprint density at radius 3 is 1.27 bits per heavy atom. The zero-order valence-corrected chi connectivity index (χ0v) is 14.2. The molecule has 0 heterocycles. The Hall–Kier alpha value is -2.76. The highest BCUT2D eigenvalue weighted by atomic mass is 19.1. The van der Waals surface area contributed by atoms with Crippen LogP contribution in [-0.4, -0.2) is 11.8 Å². The molecular formula is C20H20F2N2O2. The summed E-state index contributed by atoms with van der Waals surface area (Å²) < 4.78 is 25.8. The fraction of sp³-hybridized carbons (Fsp3) is 0.300. The van der Waals surface area contributed by atoms with Crippen LogP contribution in [0.15, 0.2) is 48.5 Å². The lowest BCUT2D eigenvalue weighted by atomic mass is 9.81. The maximum atomic E-state index is 12.9. The molecule has 2 aromatic carbocycles. The number of anilines is 2. The van der Waals surface area contributed by atoms with Gasteiger partial charge in [-0.3, -0.25) is 9.59 Å². The van der Waals surface area contributed by atoms with Gasteiger partial charge in [0.1, 0.15) is 11.6 Å². The van der Waals surface area contributed by atoms with Gasteiger partial charge in [-0.25, -0.2) is 8.78 Å². The van der Waals surface area contributed by atoms with E-state index in [-0.39, 0.29) is 35.3 Å². The second-order valence-corrected chi connectivity index (χ2v) is 6.54. The van der Waals surface area contributed by atoms with E-state index < -0.39 is 0 Å². The van der Waals surface area contributed by atoms with Crippen molar-refractivity contribution in [3.8, 4) is 0 Å². The fourth-order valence-corrected chi connectivity index (χ4v) is 3.17. The van der Waals surface area contributed by atoms with Crippen molar-refractivity contribution >= 4 is 23.2 Å². The fourth-order valence-electron chi connectivity index (χ4n) is 3.17. The summed E-state index contributed by atoms with van der Waals surface area (Å²) in [6.45, 7) is 0. The largest absolute Gasteiger partial charge is 0.326 e. The molecule has 6 heteroatoms. The van der Waals surface area contributed by atoms with Crippen molar-refractivity contribution in [2.45, 2.75) is 25.7 Å². The first-order chi connectivity index (χ1) is 12.5. The number of carbonyl (C=O) groups excluding carboxylic acids is 2. The Morgan fingerprint density at radius 1 is 0.654 bits per heavy atom. The third kappa shape index (κ3) is 4.65. The lowest BCUT2D eigenvalue weighted by molar-refractivity contribution is -0.125. The van der Waals surface area contributed by atoms with Gasteiger partial charge in [0.05, 0.1) is 0 Å². The summed E-state index contributed by atoms with van der Waals surface area (Å²) in [5.41, 5.74) is 1.13. The van der Waals surface area contributed by atoms with Crippen molar-refractivity contribution < 1.29 is 18.4 Å². The van der Waals surface area contributed by atoms with Crippen LogP contribution < -0.4 is 10.6 Å². The van der Waals surface area contributed by atoms with Crippen LogP contribution in [0.5, 0.6) is 0 Å². The van der Waals surface area contributed by atoms with Gasteiger partial charge in [-0.1, -0.05) is 0 Å². The Bertz CT molecular complexity index is 700. The number of carbonyl (C=O) groups is 2. The van der Waals surface area contributed by atoms with Crippen molar-refractivity contribution in [1.29, 1.82) is 0 Å². The molecule has 4 nitrogen and oxygen atoms in total. The van der Waals surface area contributed by atoms with Crippen molar-refractivity contribution in [3.63, 3.8) is 0 Å². The first-order valence-corrected chi connectivity index (χ1v) is 8.64. The zero-order valence-electron chi connectivity index (χ0n) is 14.2. The highest BCUT2D eigenvalue weighted by molar-refractivity contribution is 5.94. The standard InChI is InChI=1S/C20H20F2N2O2/c21-15-5-9-17(10-6-15)23-19(25)13-1-2-14(4-3-13)20(26)24-18-11-7-16(22)8-12-18/h5-14H,1-4H2,(H,23,25)(H,24,26). The van der Waals surface area contributed by atoms with Gasteiger partial charge in [0.25, 0.3) is 0 Å². The summed E-state index contributed by atoms with van der Waals surface area (Å²) >= 11 is 0. The number of benzene rings is 2. The summed E-state index contributed by atoms with van der Waals surface area (Å²) in [7, 11) is 0. The van der Waals surface area contributed by atoms with Crippen molar-refractivity contribution in [2.75, 3.05) is 10.6 Å². The van der Waals surface area contributed by atoms with Crippen LogP contribution in [0.4, 0.5) is 20.2 Å². The van der Waals surface area contributed by atoms with Gasteiger partial charge < -0.3 is 10.6 Å². The van der Waals surface area contributed by atoms with E-state index in [4.69, 9.17) is 0 Å². The Morgan fingerprint density at radius 2 is 0.962 bits per heavy atom. The van der Waals surface area contributed by atoms with Gasteiger partial charge >= 0.3 is 0 Å². The van der Waals surface area contributed by atoms with Crippen LogP contribution in [0.1, 0.15) is 25.7 Å². The Kier molecular flexibility index (Phi) is 5.61. The Labute approximate surface area is 150 Å². The van der Waals surface area contributed by atoms with E-state index in [9.17, 15) is 18.4 Å². The molecule has 2 aromatic rings. The highest BCUT2D eigenvalue weighted by Crippen LogP contribution is 2.30. The van der Waals surface area contributed by atoms with Crippen molar-refractivity contribution in [1.82, 2.24) is 0 Å². The molecule has 3 rings (SSSR count). The van der Waals surface area contributed by atoms with Gasteiger partial charge in [-0.05, 0) is 74.2 Å². The highest BCUT2D eigenvalue weighted by Gasteiger charge is 2.30. The van der Waals surface area contributed by atoms with Gasteiger partial charge in [0, 0.05) is 23.2 Å². The molecule has 26 heavy (non-hydrogen) atoms. The van der Waals surface area contributed by atoms with E-state index in [0.29, 0.717) is 37.1 Å². The molecule has 1 aliphatic carbocycles. The van der Waals surface area contributed by atoms with Gasteiger partial charge in [0.2, 0.25) is 11.8 Å². The third-order valence-corrected chi connectivity index (χ3v) is 4.69. The van der Waals surface area contributed by atoms with Crippen LogP contribution in [0.2, 0.25) is 0 Å². The van der Waals surface area contributed by atoms with Gasteiger partial charge in [0.15, 0.2) is 0 Å². The summed E-state index contributed by atoms with van der Waals surface area (Å²) in [6.07, 6.45) is 2.48. The van der Waals surface area contributed by atoms with E-state index in [1.165, 1.54) is 48.5 Å². The SMILES string of the molecule is O=C(Nc1ccc(F)cc1)C1CCC(C(=O)Nc2ccc(F)cc2)CC1. The van der Waals surface area contributed by atoms with Gasteiger partial charge in [-0.2, -0.15) is 0 Å². The third-order valence-electron chi connectivity index (χ3n) is 4.69. The molecule has 1 aliphatic rings. The second kappa shape index (κ2) is 8.08. The number of hydrogen-bond acceptors (Lipinski definition) is 2. The first-order valence-electron chi connectivity index (χ1n) is 8.64. The number of rotatable bonds is 4. The molecule has 0 aliphatic heterocycles. The zero-order chi connectivity index (χ0) is 18.5. The van der Waals surface area contributed by atoms with Crippen LogP contribution in [0, 0.1) is 23.5 Å². The minimum atomic E-state index is -0.351. The van der Waals surface area contributed by atoms with E-state index in [1.807, 2.05) is 0 Å². The number of halogens is 2. The predicted octanol–water partition coefficient (Wildman–Crippen LogP) is 4.35. The molecule has 0 spiro atoms. The molecule has 2 amide bonds. The lowest BCUT2D eigenvalue weighted by Crippen LogP contribution is -2.32. The summed E-state index contributed by atoms with van der Waals surface area (Å²) in [5.74, 6) is -1.22. The molecule has 0 radical (unpaired) electrons. The van der Waals surface area contributed by atoms with E-state index in [2.05, 4.69) is 10.6 Å². The molecular weight excluding hydrogens is 338 g/mol. The average Bonchev–Trinajstić information content (AvgIpc) is 2.65. The predicted molar refractivity (Wildman–Crippen MR) is 95.5 cm³/mol. The maximum Gasteiger partial charge on any atom is 0.227 e. The van der Waals surface area contributed by atoms with Crippen molar-refractivity contribution in [3.05, 3.63) is 60.2 Å². The lowest BCUT2D eigenvalue weighted by Gasteiger charge is -2.27. The smallest absolute Gasteiger partial charge is 0.227 e. The molecule has 136 valence electrons. The van der Waals surface area contributed by atoms with E-state index in [0.717, 1.165) is 0 Å². The number of hydrogen-bond donors (Lipinski definition) is 2. The molecule has 1 saturated carbocycles.